The van der Waals surface area contributed by atoms with Crippen molar-refractivity contribution in [3.8, 4) is 0 Å². The molecular weight excluding hydrogens is 398 g/mol. The minimum Gasteiger partial charge on any atom is -0.488 e. The summed E-state index contributed by atoms with van der Waals surface area (Å²) in [6.45, 7) is 5.05. The minimum atomic E-state index is -2.34. The fourth-order valence-electron chi connectivity index (χ4n) is 6.86. The number of carbonyl (C=O) groups is 2. The van der Waals surface area contributed by atoms with Gasteiger partial charge in [0.05, 0.1) is 12.5 Å². The SMILES string of the molecule is COC(=S)[C@@]1(O)[C@H](C)C[C@H]2[C@@H]3C[C@H](F)C4=CC(=O)C=C[C@]4(C)[C@@]3(F)C(=O)C[C@@]21C. The quantitative estimate of drug-likeness (QED) is 0.653. The summed E-state index contributed by atoms with van der Waals surface area (Å²) in [5.41, 5.74) is -6.47. The van der Waals surface area contributed by atoms with E-state index in [4.69, 9.17) is 17.0 Å². The molecule has 4 rings (SSSR count). The van der Waals surface area contributed by atoms with Crippen LogP contribution in [-0.4, -0.2) is 46.3 Å². The molecule has 0 aliphatic heterocycles. The number of hydrogen-bond acceptors (Lipinski definition) is 5. The molecule has 29 heavy (non-hydrogen) atoms. The number of ether oxygens (including phenoxy) is 1. The highest BCUT2D eigenvalue weighted by molar-refractivity contribution is 7.80. The molecule has 0 aromatic heterocycles. The number of methoxy groups -OCH3 is 1. The van der Waals surface area contributed by atoms with Crippen LogP contribution in [0, 0.1) is 28.6 Å². The van der Waals surface area contributed by atoms with Crippen LogP contribution in [0.4, 0.5) is 8.78 Å². The number of rotatable bonds is 1. The highest BCUT2D eigenvalue weighted by Crippen LogP contribution is 2.70. The number of alkyl halides is 2. The second-order valence-electron chi connectivity index (χ2n) is 9.58. The molecule has 0 radical (unpaired) electrons. The van der Waals surface area contributed by atoms with E-state index < -0.39 is 51.7 Å². The summed E-state index contributed by atoms with van der Waals surface area (Å²) >= 11 is 5.30. The van der Waals surface area contributed by atoms with Crippen molar-refractivity contribution >= 4 is 28.8 Å². The van der Waals surface area contributed by atoms with Crippen LogP contribution in [0.15, 0.2) is 23.8 Å². The van der Waals surface area contributed by atoms with E-state index in [-0.39, 0.29) is 29.4 Å². The van der Waals surface area contributed by atoms with Crippen LogP contribution < -0.4 is 0 Å². The molecule has 4 aliphatic carbocycles. The molecular formula is C22H26F2O4S. The number of thiocarbonyl (C=S) groups is 1. The second kappa shape index (κ2) is 6.03. The first-order valence-corrected chi connectivity index (χ1v) is 10.4. The summed E-state index contributed by atoms with van der Waals surface area (Å²) in [6, 6.07) is 0. The van der Waals surface area contributed by atoms with E-state index in [1.54, 1.807) is 13.8 Å². The first-order valence-electron chi connectivity index (χ1n) is 10.00. The Morgan fingerprint density at radius 3 is 2.55 bits per heavy atom. The third-order valence-electron chi connectivity index (χ3n) is 8.47. The Kier molecular flexibility index (Phi) is 4.33. The number of ketones is 2. The predicted octanol–water partition coefficient (Wildman–Crippen LogP) is 3.46. The zero-order valence-electron chi connectivity index (χ0n) is 17.0. The molecule has 0 aromatic rings. The number of fused-ring (bicyclic) bond motifs is 5. The molecule has 7 heteroatoms. The lowest BCUT2D eigenvalue weighted by Crippen LogP contribution is -2.69. The molecule has 0 spiro atoms. The van der Waals surface area contributed by atoms with Gasteiger partial charge in [0.25, 0.3) is 0 Å². The van der Waals surface area contributed by atoms with Crippen molar-refractivity contribution in [1.82, 2.24) is 0 Å². The van der Waals surface area contributed by atoms with Gasteiger partial charge in [0.1, 0.15) is 11.8 Å². The van der Waals surface area contributed by atoms with Crippen LogP contribution >= 0.6 is 12.2 Å². The maximum absolute atomic E-state index is 16.8. The lowest BCUT2D eigenvalue weighted by Gasteiger charge is -2.60. The summed E-state index contributed by atoms with van der Waals surface area (Å²) in [7, 11) is 1.37. The molecule has 0 saturated heterocycles. The van der Waals surface area contributed by atoms with Crippen molar-refractivity contribution in [3.05, 3.63) is 23.8 Å². The van der Waals surface area contributed by atoms with Crippen molar-refractivity contribution in [2.45, 2.75) is 57.5 Å². The van der Waals surface area contributed by atoms with E-state index in [2.05, 4.69) is 0 Å². The largest absolute Gasteiger partial charge is 0.488 e. The summed E-state index contributed by atoms with van der Waals surface area (Å²) in [4.78, 5) is 25.2. The topological polar surface area (TPSA) is 63.6 Å². The molecule has 3 fully saturated rings. The first kappa shape index (κ1) is 20.8. The van der Waals surface area contributed by atoms with E-state index >= 15 is 8.78 Å². The zero-order chi connectivity index (χ0) is 21.6. The summed E-state index contributed by atoms with van der Waals surface area (Å²) in [5.74, 6) is -2.83. The van der Waals surface area contributed by atoms with Gasteiger partial charge in [0.2, 0.25) is 0 Å². The Morgan fingerprint density at radius 1 is 1.28 bits per heavy atom. The Morgan fingerprint density at radius 2 is 1.93 bits per heavy atom. The summed E-state index contributed by atoms with van der Waals surface area (Å²) in [6.07, 6.45) is 2.16. The third kappa shape index (κ3) is 2.18. The maximum Gasteiger partial charge on any atom is 0.192 e. The van der Waals surface area contributed by atoms with E-state index in [1.165, 1.54) is 26.2 Å². The van der Waals surface area contributed by atoms with Crippen LogP contribution in [0.3, 0.4) is 0 Å². The molecule has 0 bridgehead atoms. The monoisotopic (exact) mass is 424 g/mol. The number of halogens is 2. The molecule has 3 saturated carbocycles. The van der Waals surface area contributed by atoms with Crippen LogP contribution in [0.1, 0.15) is 40.0 Å². The maximum atomic E-state index is 16.8. The van der Waals surface area contributed by atoms with Crippen LogP contribution in [0.5, 0.6) is 0 Å². The summed E-state index contributed by atoms with van der Waals surface area (Å²) < 4.78 is 37.3. The van der Waals surface area contributed by atoms with Crippen molar-refractivity contribution in [3.63, 3.8) is 0 Å². The molecule has 0 unspecified atom stereocenters. The average molecular weight is 425 g/mol. The molecule has 158 valence electrons. The summed E-state index contributed by atoms with van der Waals surface area (Å²) in [5, 5.41) is 11.6. The van der Waals surface area contributed by atoms with Gasteiger partial charge in [-0.2, -0.15) is 0 Å². The van der Waals surface area contributed by atoms with Crippen LogP contribution in [-0.2, 0) is 14.3 Å². The number of aliphatic hydroxyl groups is 1. The van der Waals surface area contributed by atoms with Crippen molar-refractivity contribution in [2.75, 3.05) is 7.11 Å². The normalized spacial score (nSPS) is 51.1. The number of hydrogen-bond donors (Lipinski definition) is 1. The highest BCUT2D eigenvalue weighted by Gasteiger charge is 2.76. The Bertz CT molecular complexity index is 884. The van der Waals surface area contributed by atoms with E-state index in [9.17, 15) is 14.7 Å². The van der Waals surface area contributed by atoms with Gasteiger partial charge in [0.15, 0.2) is 22.3 Å². The number of Topliss-reactive ketones (excluding diaryl/α,β-unsaturated/α-hetero) is 1. The smallest absolute Gasteiger partial charge is 0.192 e. The Balaban J connectivity index is 1.88. The molecule has 0 heterocycles. The second-order valence-corrected chi connectivity index (χ2v) is 9.95. The fraction of sp³-hybridized carbons (Fsp3) is 0.682. The molecule has 0 aromatic carbocycles. The lowest BCUT2D eigenvalue weighted by molar-refractivity contribution is -0.178. The van der Waals surface area contributed by atoms with Gasteiger partial charge in [-0.05, 0) is 61.5 Å². The van der Waals surface area contributed by atoms with E-state index in [1.807, 2.05) is 0 Å². The van der Waals surface area contributed by atoms with Gasteiger partial charge >= 0.3 is 0 Å². The molecule has 0 amide bonds. The van der Waals surface area contributed by atoms with E-state index in [0.717, 1.165) is 6.08 Å². The van der Waals surface area contributed by atoms with E-state index in [0.29, 0.717) is 6.42 Å². The minimum absolute atomic E-state index is 0.0169. The molecule has 1 N–H and O–H groups in total. The van der Waals surface area contributed by atoms with Crippen LogP contribution in [0.25, 0.3) is 0 Å². The van der Waals surface area contributed by atoms with Crippen molar-refractivity contribution in [1.29, 1.82) is 0 Å². The Labute approximate surface area is 174 Å². The van der Waals surface area contributed by atoms with Gasteiger partial charge in [0, 0.05) is 17.8 Å². The predicted molar refractivity (Wildman–Crippen MR) is 107 cm³/mol. The first-order chi connectivity index (χ1) is 13.4. The van der Waals surface area contributed by atoms with Gasteiger partial charge in [-0.25, -0.2) is 8.78 Å². The number of allylic oxidation sites excluding steroid dienone is 4. The van der Waals surface area contributed by atoms with Crippen molar-refractivity contribution in [2.24, 2.45) is 28.6 Å². The average Bonchev–Trinajstić information content (AvgIpc) is 2.86. The van der Waals surface area contributed by atoms with Crippen molar-refractivity contribution < 1.29 is 28.2 Å². The Hall–Kier alpha value is -1.47. The molecule has 4 aliphatic rings. The fourth-order valence-corrected chi connectivity index (χ4v) is 7.30. The number of carbonyl (C=O) groups excluding carboxylic acids is 2. The third-order valence-corrected chi connectivity index (χ3v) is 8.95. The highest BCUT2D eigenvalue weighted by atomic mass is 32.1. The van der Waals surface area contributed by atoms with Gasteiger partial charge < -0.3 is 9.84 Å². The van der Waals surface area contributed by atoms with Gasteiger partial charge in [-0.15, -0.1) is 0 Å². The van der Waals surface area contributed by atoms with Gasteiger partial charge in [-0.1, -0.05) is 19.9 Å². The molecule has 4 nitrogen and oxygen atoms in total. The zero-order valence-corrected chi connectivity index (χ0v) is 17.8. The lowest BCUT2D eigenvalue weighted by atomic mass is 9.45. The standard InChI is InChI=1S/C22H26F2O4S/c1-11-7-13-14-9-16(23)15-8-12(25)5-6-19(15,2)21(14,24)17(26)10-20(13,3)22(11,27)18(29)28-4/h5-6,8,11,13-14,16,27H,7,9-10H2,1-4H3/t11-,13+,14+,16+,19+,20+,21+,22+/m1/s1. The molecule has 8 atom stereocenters. The van der Waals surface area contributed by atoms with Gasteiger partial charge in [-0.3, -0.25) is 9.59 Å². The van der Waals surface area contributed by atoms with Crippen LogP contribution in [0.2, 0.25) is 0 Å².